The van der Waals surface area contributed by atoms with E-state index in [1.807, 2.05) is 66.7 Å². The van der Waals surface area contributed by atoms with Crippen LogP contribution in [0.1, 0.15) is 22.8 Å². The Kier molecular flexibility index (Phi) is 8.20. The number of carbonyl (C=O) groups is 1. The van der Waals surface area contributed by atoms with Gasteiger partial charge in [0.15, 0.2) is 17.6 Å². The molecule has 7 heteroatoms. The Hall–Kier alpha value is -3.16. The van der Waals surface area contributed by atoms with E-state index >= 15 is 0 Å². The van der Waals surface area contributed by atoms with Gasteiger partial charge in [0, 0.05) is 11.6 Å². The van der Waals surface area contributed by atoms with Gasteiger partial charge in [-0.05, 0) is 47.0 Å². The summed E-state index contributed by atoms with van der Waals surface area (Å²) in [6, 6.07) is 22.6. The van der Waals surface area contributed by atoms with Crippen LogP contribution in [0.2, 0.25) is 0 Å². The van der Waals surface area contributed by atoms with Gasteiger partial charge in [0.1, 0.15) is 6.61 Å². The quantitative estimate of drug-likeness (QED) is 0.348. The number of rotatable bonds is 9. The summed E-state index contributed by atoms with van der Waals surface area (Å²) in [6.45, 7) is 0.422. The third-order valence-corrected chi connectivity index (χ3v) is 4.99. The molecule has 0 bridgehead atoms. The van der Waals surface area contributed by atoms with E-state index in [9.17, 15) is 4.79 Å². The summed E-state index contributed by atoms with van der Waals surface area (Å²) in [5, 5.41) is 4.04. The fourth-order valence-electron chi connectivity index (χ4n) is 2.88. The monoisotopic (exact) mass is 482 g/mol. The second-order valence-electron chi connectivity index (χ2n) is 6.59. The van der Waals surface area contributed by atoms with Gasteiger partial charge in [-0.25, -0.2) is 5.43 Å². The van der Waals surface area contributed by atoms with Crippen LogP contribution in [0.3, 0.4) is 0 Å². The third kappa shape index (κ3) is 6.41. The topological polar surface area (TPSA) is 69.2 Å². The highest BCUT2D eigenvalue weighted by atomic mass is 79.9. The van der Waals surface area contributed by atoms with E-state index in [1.165, 1.54) is 13.3 Å². The molecule has 0 saturated carbocycles. The number of ether oxygens (including phenoxy) is 3. The molecule has 3 aromatic rings. The van der Waals surface area contributed by atoms with Crippen LogP contribution < -0.4 is 14.9 Å². The first-order valence-electron chi connectivity index (χ1n) is 9.56. The fraction of sp³-hybridized carbons (Fsp3) is 0.167. The van der Waals surface area contributed by atoms with Crippen molar-refractivity contribution in [3.05, 3.63) is 94.0 Å². The number of halogens is 1. The molecule has 1 amide bonds. The Bertz CT molecular complexity index is 1020. The lowest BCUT2D eigenvalue weighted by molar-refractivity contribution is -0.131. The summed E-state index contributed by atoms with van der Waals surface area (Å²) in [5.74, 6) is 0.841. The number of methoxy groups -OCH3 is 2. The molecule has 3 rings (SSSR count). The molecule has 31 heavy (non-hydrogen) atoms. The predicted octanol–water partition coefficient (Wildman–Crippen LogP) is 4.87. The number of hydrazone groups is 1. The first-order chi connectivity index (χ1) is 15.1. The molecule has 0 heterocycles. The average molecular weight is 483 g/mol. The molecule has 0 aliphatic carbocycles. The lowest BCUT2D eigenvalue weighted by Gasteiger charge is -2.13. The Labute approximate surface area is 190 Å². The van der Waals surface area contributed by atoms with Crippen molar-refractivity contribution in [3.63, 3.8) is 0 Å². The number of carbonyl (C=O) groups excluding carboxylic acids is 1. The summed E-state index contributed by atoms with van der Waals surface area (Å²) in [7, 11) is 3.06. The zero-order chi connectivity index (χ0) is 22.1. The summed E-state index contributed by atoms with van der Waals surface area (Å²) in [4.78, 5) is 12.4. The van der Waals surface area contributed by atoms with E-state index < -0.39 is 6.10 Å². The average Bonchev–Trinajstić information content (AvgIpc) is 2.80. The second kappa shape index (κ2) is 11.3. The normalized spacial score (nSPS) is 11.8. The maximum atomic E-state index is 12.4. The summed E-state index contributed by atoms with van der Waals surface area (Å²) in [5.41, 5.74) is 5.07. The number of nitrogens with one attached hydrogen (secondary N) is 1. The Morgan fingerprint density at radius 2 is 1.77 bits per heavy atom. The molecule has 6 nitrogen and oxygen atoms in total. The van der Waals surface area contributed by atoms with E-state index in [0.29, 0.717) is 18.1 Å². The minimum Gasteiger partial charge on any atom is -0.493 e. The van der Waals surface area contributed by atoms with Crippen molar-refractivity contribution >= 4 is 28.1 Å². The van der Waals surface area contributed by atoms with E-state index in [1.54, 1.807) is 13.2 Å². The van der Waals surface area contributed by atoms with Gasteiger partial charge in [-0.2, -0.15) is 5.10 Å². The highest BCUT2D eigenvalue weighted by molar-refractivity contribution is 9.10. The molecule has 0 aromatic heterocycles. The SMILES string of the molecule is COc1cc(C=NNC(=O)C(OC)c2ccccc2)ccc1OCc1ccc(Br)cc1. The van der Waals surface area contributed by atoms with Crippen LogP contribution in [0.25, 0.3) is 0 Å². The number of nitrogens with zero attached hydrogens (tertiary/aromatic N) is 1. The van der Waals surface area contributed by atoms with Gasteiger partial charge in [0.25, 0.3) is 5.91 Å². The van der Waals surface area contributed by atoms with Crippen LogP contribution in [0.4, 0.5) is 0 Å². The van der Waals surface area contributed by atoms with Crippen LogP contribution >= 0.6 is 15.9 Å². The van der Waals surface area contributed by atoms with E-state index in [-0.39, 0.29) is 5.91 Å². The maximum Gasteiger partial charge on any atom is 0.273 e. The van der Waals surface area contributed by atoms with E-state index in [0.717, 1.165) is 21.2 Å². The molecular weight excluding hydrogens is 460 g/mol. The van der Waals surface area contributed by atoms with Crippen molar-refractivity contribution in [3.8, 4) is 11.5 Å². The molecule has 0 aliphatic heterocycles. The highest BCUT2D eigenvalue weighted by Crippen LogP contribution is 2.28. The molecular formula is C24H23BrN2O4. The standard InChI is InChI=1S/C24H23BrN2O4/c1-29-22-14-18(10-13-21(22)31-16-17-8-11-20(25)12-9-17)15-26-27-24(28)23(30-2)19-6-4-3-5-7-19/h3-15,23H,16H2,1-2H3,(H,27,28). The summed E-state index contributed by atoms with van der Waals surface area (Å²) in [6.07, 6.45) is 0.804. The number of amides is 1. The number of hydrogen-bond donors (Lipinski definition) is 1. The van der Waals surface area contributed by atoms with Gasteiger partial charge < -0.3 is 14.2 Å². The van der Waals surface area contributed by atoms with Gasteiger partial charge in [-0.1, -0.05) is 58.4 Å². The Morgan fingerprint density at radius 3 is 2.45 bits per heavy atom. The van der Waals surface area contributed by atoms with Crippen molar-refractivity contribution in [2.45, 2.75) is 12.7 Å². The Morgan fingerprint density at radius 1 is 1.03 bits per heavy atom. The maximum absolute atomic E-state index is 12.4. The second-order valence-corrected chi connectivity index (χ2v) is 7.50. The van der Waals surface area contributed by atoms with Crippen molar-refractivity contribution < 1.29 is 19.0 Å². The van der Waals surface area contributed by atoms with Gasteiger partial charge in [-0.3, -0.25) is 4.79 Å². The molecule has 1 N–H and O–H groups in total. The van der Waals surface area contributed by atoms with Crippen molar-refractivity contribution in [1.29, 1.82) is 0 Å². The molecule has 0 spiro atoms. The smallest absolute Gasteiger partial charge is 0.273 e. The van der Waals surface area contributed by atoms with Crippen LogP contribution in [-0.2, 0) is 16.1 Å². The minimum atomic E-state index is -0.734. The fourth-order valence-corrected chi connectivity index (χ4v) is 3.14. The molecule has 0 aliphatic rings. The molecule has 1 atom stereocenters. The lowest BCUT2D eigenvalue weighted by Crippen LogP contribution is -2.26. The molecule has 3 aromatic carbocycles. The van der Waals surface area contributed by atoms with Crippen LogP contribution in [0, 0.1) is 0 Å². The van der Waals surface area contributed by atoms with Gasteiger partial charge in [0.2, 0.25) is 0 Å². The minimum absolute atomic E-state index is 0.355. The molecule has 0 saturated heterocycles. The van der Waals surface area contributed by atoms with Crippen molar-refractivity contribution in [1.82, 2.24) is 5.43 Å². The van der Waals surface area contributed by atoms with Gasteiger partial charge in [0.05, 0.1) is 13.3 Å². The van der Waals surface area contributed by atoms with Gasteiger partial charge >= 0.3 is 0 Å². The molecule has 160 valence electrons. The van der Waals surface area contributed by atoms with E-state index in [2.05, 4.69) is 26.5 Å². The van der Waals surface area contributed by atoms with Gasteiger partial charge in [-0.15, -0.1) is 0 Å². The van der Waals surface area contributed by atoms with E-state index in [4.69, 9.17) is 14.2 Å². The van der Waals surface area contributed by atoms with Crippen LogP contribution in [0.15, 0.2) is 82.4 Å². The lowest BCUT2D eigenvalue weighted by atomic mass is 10.1. The molecule has 1 unspecified atom stereocenters. The molecule has 0 fully saturated rings. The number of benzene rings is 3. The first-order valence-corrected chi connectivity index (χ1v) is 10.4. The number of hydrogen-bond acceptors (Lipinski definition) is 5. The zero-order valence-corrected chi connectivity index (χ0v) is 18.8. The summed E-state index contributed by atoms with van der Waals surface area (Å²) >= 11 is 3.42. The zero-order valence-electron chi connectivity index (χ0n) is 17.2. The predicted molar refractivity (Wildman–Crippen MR) is 123 cm³/mol. The third-order valence-electron chi connectivity index (χ3n) is 4.46. The van der Waals surface area contributed by atoms with Crippen LogP contribution in [-0.4, -0.2) is 26.3 Å². The Balaban J connectivity index is 1.61. The molecule has 0 radical (unpaired) electrons. The van der Waals surface area contributed by atoms with Crippen molar-refractivity contribution in [2.24, 2.45) is 5.10 Å². The highest BCUT2D eigenvalue weighted by Gasteiger charge is 2.19. The largest absolute Gasteiger partial charge is 0.493 e. The van der Waals surface area contributed by atoms with Crippen LogP contribution in [0.5, 0.6) is 11.5 Å². The van der Waals surface area contributed by atoms with Crippen molar-refractivity contribution in [2.75, 3.05) is 14.2 Å². The first kappa shape index (κ1) is 22.5. The summed E-state index contributed by atoms with van der Waals surface area (Å²) < 4.78 is 17.6.